The molecule has 1 aromatic carbocycles. The van der Waals surface area contributed by atoms with E-state index in [1.165, 1.54) is 30.2 Å². The third-order valence-corrected chi connectivity index (χ3v) is 4.08. The van der Waals surface area contributed by atoms with E-state index in [9.17, 15) is 9.18 Å². The van der Waals surface area contributed by atoms with Gasteiger partial charge in [-0.3, -0.25) is 4.79 Å². The van der Waals surface area contributed by atoms with E-state index in [2.05, 4.69) is 25.3 Å². The largest absolute Gasteiger partial charge is 0.350 e. The van der Waals surface area contributed by atoms with Crippen LogP contribution in [0.5, 0.6) is 0 Å². The van der Waals surface area contributed by atoms with Crippen LogP contribution in [0.25, 0.3) is 11.3 Å². The van der Waals surface area contributed by atoms with Gasteiger partial charge in [0.25, 0.3) is 0 Å². The molecule has 126 valence electrons. The molecule has 0 saturated carbocycles. The lowest BCUT2D eigenvalue weighted by Crippen LogP contribution is -2.25. The SMILES string of the molecule is O=C(CSc1ncccn1)NCc1cc(-c2ccc(F)cc2)ncn1. The van der Waals surface area contributed by atoms with Gasteiger partial charge in [-0.25, -0.2) is 24.3 Å². The van der Waals surface area contributed by atoms with Crippen molar-refractivity contribution in [2.24, 2.45) is 0 Å². The summed E-state index contributed by atoms with van der Waals surface area (Å²) >= 11 is 1.26. The lowest BCUT2D eigenvalue weighted by Gasteiger charge is -2.06. The molecule has 2 heterocycles. The van der Waals surface area contributed by atoms with Gasteiger partial charge in [-0.15, -0.1) is 0 Å². The molecule has 1 N–H and O–H groups in total. The molecule has 0 saturated heterocycles. The number of thioether (sulfide) groups is 1. The van der Waals surface area contributed by atoms with E-state index < -0.39 is 0 Å². The minimum absolute atomic E-state index is 0.139. The van der Waals surface area contributed by atoms with E-state index in [-0.39, 0.29) is 24.0 Å². The van der Waals surface area contributed by atoms with E-state index in [1.54, 1.807) is 36.7 Å². The molecule has 3 rings (SSSR count). The van der Waals surface area contributed by atoms with Crippen molar-refractivity contribution in [3.63, 3.8) is 0 Å². The summed E-state index contributed by atoms with van der Waals surface area (Å²) in [5.74, 6) is -0.218. The maximum absolute atomic E-state index is 13.0. The molecule has 2 aromatic heterocycles. The van der Waals surface area contributed by atoms with Crippen molar-refractivity contribution in [2.75, 3.05) is 5.75 Å². The first-order valence-corrected chi connectivity index (χ1v) is 8.42. The van der Waals surface area contributed by atoms with Crippen LogP contribution in [-0.4, -0.2) is 31.6 Å². The fourth-order valence-electron chi connectivity index (χ4n) is 2.00. The molecule has 0 fully saturated rings. The first kappa shape index (κ1) is 17.0. The Morgan fingerprint density at radius 3 is 2.60 bits per heavy atom. The Morgan fingerprint density at radius 2 is 1.84 bits per heavy atom. The summed E-state index contributed by atoms with van der Waals surface area (Å²) in [5.41, 5.74) is 2.13. The predicted octanol–water partition coefficient (Wildman–Crippen LogP) is 2.48. The Labute approximate surface area is 148 Å². The molecule has 0 bridgehead atoms. The van der Waals surface area contributed by atoms with Gasteiger partial charge in [-0.1, -0.05) is 11.8 Å². The van der Waals surface area contributed by atoms with Crippen LogP contribution in [-0.2, 0) is 11.3 Å². The van der Waals surface area contributed by atoms with Crippen LogP contribution < -0.4 is 5.32 Å². The summed E-state index contributed by atoms with van der Waals surface area (Å²) in [7, 11) is 0. The molecule has 0 spiro atoms. The van der Waals surface area contributed by atoms with Crippen molar-refractivity contribution >= 4 is 17.7 Å². The highest BCUT2D eigenvalue weighted by Gasteiger charge is 2.06. The second-order valence-corrected chi connectivity index (χ2v) is 5.94. The van der Waals surface area contributed by atoms with E-state index in [0.717, 1.165) is 5.56 Å². The molecular weight excluding hydrogens is 341 g/mol. The lowest BCUT2D eigenvalue weighted by atomic mass is 10.1. The van der Waals surface area contributed by atoms with Gasteiger partial charge in [-0.2, -0.15) is 0 Å². The summed E-state index contributed by atoms with van der Waals surface area (Å²) in [4.78, 5) is 28.3. The average molecular weight is 355 g/mol. The van der Waals surface area contributed by atoms with Crippen LogP contribution in [0.4, 0.5) is 4.39 Å². The number of carbonyl (C=O) groups is 1. The zero-order valence-electron chi connectivity index (χ0n) is 13.1. The minimum Gasteiger partial charge on any atom is -0.350 e. The van der Waals surface area contributed by atoms with Gasteiger partial charge in [0.15, 0.2) is 5.16 Å². The molecule has 0 atom stereocenters. The molecule has 1 amide bonds. The Bertz CT molecular complexity index is 845. The third-order valence-electron chi connectivity index (χ3n) is 3.20. The summed E-state index contributed by atoms with van der Waals surface area (Å²) in [6, 6.07) is 9.54. The topological polar surface area (TPSA) is 80.7 Å². The number of aromatic nitrogens is 4. The fraction of sp³-hybridized carbons (Fsp3) is 0.118. The first-order valence-electron chi connectivity index (χ1n) is 7.44. The highest BCUT2D eigenvalue weighted by atomic mass is 32.2. The average Bonchev–Trinajstić information content (AvgIpc) is 2.66. The first-order chi connectivity index (χ1) is 12.2. The molecular formula is C17H14FN5OS. The Kier molecular flexibility index (Phi) is 5.63. The van der Waals surface area contributed by atoms with Gasteiger partial charge < -0.3 is 5.32 Å². The summed E-state index contributed by atoms with van der Waals surface area (Å²) in [6.07, 6.45) is 4.68. The molecule has 0 unspecified atom stereocenters. The van der Waals surface area contributed by atoms with Crippen molar-refractivity contribution in [1.29, 1.82) is 0 Å². The third kappa shape index (κ3) is 5.05. The van der Waals surface area contributed by atoms with E-state index in [0.29, 0.717) is 16.5 Å². The van der Waals surface area contributed by atoms with Crippen molar-refractivity contribution < 1.29 is 9.18 Å². The Morgan fingerprint density at radius 1 is 1.08 bits per heavy atom. The van der Waals surface area contributed by atoms with Gasteiger partial charge in [-0.05, 0) is 36.4 Å². The fourth-order valence-corrected chi connectivity index (χ4v) is 2.64. The second-order valence-electron chi connectivity index (χ2n) is 5.00. The number of hydrogen-bond donors (Lipinski definition) is 1. The standard InChI is InChI=1S/C17H14FN5OS/c18-13-4-2-12(3-5-13)15-8-14(22-11-23-15)9-21-16(24)10-25-17-19-6-1-7-20-17/h1-8,11H,9-10H2,(H,21,24). The van der Waals surface area contributed by atoms with Crippen LogP contribution in [0.15, 0.2) is 60.3 Å². The van der Waals surface area contributed by atoms with Crippen LogP contribution in [0.1, 0.15) is 5.69 Å². The lowest BCUT2D eigenvalue weighted by molar-refractivity contribution is -0.118. The van der Waals surface area contributed by atoms with E-state index >= 15 is 0 Å². The van der Waals surface area contributed by atoms with Crippen LogP contribution in [0.2, 0.25) is 0 Å². The molecule has 25 heavy (non-hydrogen) atoms. The molecule has 0 radical (unpaired) electrons. The monoisotopic (exact) mass is 355 g/mol. The highest BCUT2D eigenvalue weighted by Crippen LogP contribution is 2.17. The van der Waals surface area contributed by atoms with Crippen molar-refractivity contribution in [3.05, 3.63) is 66.6 Å². The summed E-state index contributed by atoms with van der Waals surface area (Å²) in [6.45, 7) is 0.283. The number of nitrogens with one attached hydrogen (secondary N) is 1. The van der Waals surface area contributed by atoms with Crippen LogP contribution in [0, 0.1) is 5.82 Å². The van der Waals surface area contributed by atoms with E-state index in [4.69, 9.17) is 0 Å². The van der Waals surface area contributed by atoms with Crippen LogP contribution >= 0.6 is 11.8 Å². The molecule has 0 aliphatic carbocycles. The minimum atomic E-state index is -0.301. The molecule has 6 nitrogen and oxygen atoms in total. The number of halogens is 1. The zero-order chi connectivity index (χ0) is 17.5. The van der Waals surface area contributed by atoms with Gasteiger partial charge >= 0.3 is 0 Å². The molecule has 0 aliphatic heterocycles. The number of benzene rings is 1. The smallest absolute Gasteiger partial charge is 0.230 e. The van der Waals surface area contributed by atoms with Crippen molar-refractivity contribution in [1.82, 2.24) is 25.3 Å². The maximum Gasteiger partial charge on any atom is 0.230 e. The number of amides is 1. The van der Waals surface area contributed by atoms with Crippen molar-refractivity contribution in [3.8, 4) is 11.3 Å². The number of carbonyl (C=O) groups excluding carboxylic acids is 1. The predicted molar refractivity (Wildman–Crippen MR) is 92.0 cm³/mol. The molecule has 0 aliphatic rings. The van der Waals surface area contributed by atoms with Gasteiger partial charge in [0.05, 0.1) is 23.7 Å². The zero-order valence-corrected chi connectivity index (χ0v) is 13.9. The highest BCUT2D eigenvalue weighted by molar-refractivity contribution is 7.99. The van der Waals surface area contributed by atoms with E-state index in [1.807, 2.05) is 0 Å². The number of nitrogens with zero attached hydrogens (tertiary/aromatic N) is 4. The summed E-state index contributed by atoms with van der Waals surface area (Å²) in [5, 5.41) is 3.35. The normalized spacial score (nSPS) is 10.4. The molecule has 3 aromatic rings. The second kappa shape index (κ2) is 8.29. The van der Waals surface area contributed by atoms with Crippen LogP contribution in [0.3, 0.4) is 0 Å². The van der Waals surface area contributed by atoms with Gasteiger partial charge in [0, 0.05) is 18.0 Å². The number of rotatable bonds is 6. The molecule has 8 heteroatoms. The van der Waals surface area contributed by atoms with Gasteiger partial charge in [0.1, 0.15) is 12.1 Å². The Balaban J connectivity index is 1.55. The number of hydrogen-bond acceptors (Lipinski definition) is 6. The van der Waals surface area contributed by atoms with Gasteiger partial charge in [0.2, 0.25) is 5.91 Å². The maximum atomic E-state index is 13.0. The summed E-state index contributed by atoms with van der Waals surface area (Å²) < 4.78 is 13.0. The Hall–Kier alpha value is -2.87. The van der Waals surface area contributed by atoms with Crippen molar-refractivity contribution in [2.45, 2.75) is 11.7 Å². The quantitative estimate of drug-likeness (QED) is 0.540.